The average Bonchev–Trinajstić information content (AvgIpc) is 2.08. The molecule has 0 aliphatic carbocycles. The van der Waals surface area contributed by atoms with Crippen LogP contribution in [0.25, 0.3) is 0 Å². The minimum Gasteiger partial charge on any atom is -0.390 e. The van der Waals surface area contributed by atoms with E-state index in [1.165, 1.54) is 6.08 Å². The smallest absolute Gasteiger partial charge is 0.243 e. The molecule has 0 aliphatic heterocycles. The van der Waals surface area contributed by atoms with E-state index >= 15 is 0 Å². The number of ether oxygens (including phenoxy) is 1. The van der Waals surface area contributed by atoms with Gasteiger partial charge in [-0.05, 0) is 26.3 Å². The van der Waals surface area contributed by atoms with Crippen molar-refractivity contribution in [3.05, 3.63) is 12.7 Å². The number of carbonyl (C=O) groups is 1. The fourth-order valence-electron chi connectivity index (χ4n) is 0.743. The Morgan fingerprint density at radius 3 is 2.71 bits per heavy atom. The predicted molar refractivity (Wildman–Crippen MR) is 54.9 cm³/mol. The maximum atomic E-state index is 10.7. The molecule has 0 rings (SSSR count). The van der Waals surface area contributed by atoms with Gasteiger partial charge in [0.25, 0.3) is 0 Å². The highest BCUT2D eigenvalue weighted by Crippen LogP contribution is 2.06. The number of carbonyl (C=O) groups excluding carboxylic acids is 1. The van der Waals surface area contributed by atoms with Gasteiger partial charge in [0.1, 0.15) is 0 Å². The summed E-state index contributed by atoms with van der Waals surface area (Å²) in [5.74, 6) is -0.198. The maximum Gasteiger partial charge on any atom is 0.243 e. The molecule has 2 N–H and O–H groups in total. The molecule has 0 aliphatic rings. The Bertz CT molecular complexity index is 184. The highest BCUT2D eigenvalue weighted by molar-refractivity contribution is 5.86. The Labute approximate surface area is 85.0 Å². The first-order valence-electron chi connectivity index (χ1n) is 4.66. The van der Waals surface area contributed by atoms with Crippen LogP contribution in [0.4, 0.5) is 0 Å². The first kappa shape index (κ1) is 13.1. The standard InChI is InChI=1S/C10H19NO3/c1-4-9(12)11-6-8-14-7-5-10(2,3)13/h4,13H,1,5-8H2,2-3H3,(H,11,12). The SMILES string of the molecule is C=CC(=O)NCCOCCC(C)(C)O. The quantitative estimate of drug-likeness (QED) is 0.465. The average molecular weight is 201 g/mol. The normalized spacial score (nSPS) is 11.1. The Kier molecular flexibility index (Phi) is 6.16. The van der Waals surface area contributed by atoms with E-state index in [4.69, 9.17) is 4.74 Å². The van der Waals surface area contributed by atoms with Crippen LogP contribution < -0.4 is 5.32 Å². The van der Waals surface area contributed by atoms with Crippen LogP contribution in [0, 0.1) is 0 Å². The van der Waals surface area contributed by atoms with Gasteiger partial charge in [-0.15, -0.1) is 0 Å². The third-order valence-electron chi connectivity index (χ3n) is 1.59. The second kappa shape index (κ2) is 6.56. The molecule has 0 atom stereocenters. The molecule has 0 bridgehead atoms. The Balaban J connectivity index is 3.22. The largest absolute Gasteiger partial charge is 0.390 e. The van der Waals surface area contributed by atoms with Gasteiger partial charge in [0.2, 0.25) is 5.91 Å². The van der Waals surface area contributed by atoms with Crippen LogP contribution >= 0.6 is 0 Å². The fraction of sp³-hybridized carbons (Fsp3) is 0.700. The van der Waals surface area contributed by atoms with Crippen LogP contribution in [0.5, 0.6) is 0 Å². The van der Waals surface area contributed by atoms with Crippen molar-refractivity contribution in [3.63, 3.8) is 0 Å². The molecule has 0 aromatic carbocycles. The van der Waals surface area contributed by atoms with E-state index in [0.717, 1.165) is 0 Å². The molecular formula is C10H19NO3. The van der Waals surface area contributed by atoms with Gasteiger partial charge in [0.15, 0.2) is 0 Å². The van der Waals surface area contributed by atoms with E-state index < -0.39 is 5.60 Å². The van der Waals surface area contributed by atoms with E-state index in [9.17, 15) is 9.90 Å². The summed E-state index contributed by atoms with van der Waals surface area (Å²) in [6.45, 7) is 8.20. The summed E-state index contributed by atoms with van der Waals surface area (Å²) in [6, 6.07) is 0. The molecule has 4 nitrogen and oxygen atoms in total. The number of hydrogen-bond donors (Lipinski definition) is 2. The Morgan fingerprint density at radius 1 is 1.57 bits per heavy atom. The summed E-state index contributed by atoms with van der Waals surface area (Å²) in [5, 5.41) is 11.9. The van der Waals surface area contributed by atoms with Crippen molar-refractivity contribution < 1.29 is 14.6 Å². The fourth-order valence-corrected chi connectivity index (χ4v) is 0.743. The zero-order valence-corrected chi connectivity index (χ0v) is 8.88. The molecule has 0 heterocycles. The zero-order valence-electron chi connectivity index (χ0n) is 8.88. The summed E-state index contributed by atoms with van der Waals surface area (Å²) < 4.78 is 5.20. The van der Waals surface area contributed by atoms with Gasteiger partial charge in [-0.1, -0.05) is 6.58 Å². The van der Waals surface area contributed by atoms with Gasteiger partial charge in [0, 0.05) is 13.2 Å². The van der Waals surface area contributed by atoms with Crippen molar-refractivity contribution in [3.8, 4) is 0 Å². The molecule has 0 radical (unpaired) electrons. The number of rotatable bonds is 7. The third kappa shape index (κ3) is 9.22. The Morgan fingerprint density at radius 2 is 2.21 bits per heavy atom. The van der Waals surface area contributed by atoms with Crippen LogP contribution in [-0.4, -0.2) is 36.4 Å². The van der Waals surface area contributed by atoms with Crippen LogP contribution in [0.3, 0.4) is 0 Å². The Hall–Kier alpha value is -0.870. The summed E-state index contributed by atoms with van der Waals surface area (Å²) >= 11 is 0. The maximum absolute atomic E-state index is 10.7. The second-order valence-electron chi connectivity index (χ2n) is 3.67. The summed E-state index contributed by atoms with van der Waals surface area (Å²) in [5.41, 5.74) is -0.690. The number of amides is 1. The van der Waals surface area contributed by atoms with Crippen LogP contribution in [0.2, 0.25) is 0 Å². The lowest BCUT2D eigenvalue weighted by molar-refractivity contribution is -0.116. The minimum atomic E-state index is -0.690. The molecule has 1 amide bonds. The van der Waals surface area contributed by atoms with Crippen molar-refractivity contribution >= 4 is 5.91 Å². The van der Waals surface area contributed by atoms with Crippen molar-refractivity contribution in [2.75, 3.05) is 19.8 Å². The van der Waals surface area contributed by atoms with E-state index in [0.29, 0.717) is 26.2 Å². The molecule has 0 saturated heterocycles. The lowest BCUT2D eigenvalue weighted by Crippen LogP contribution is -2.26. The molecule has 82 valence electrons. The topological polar surface area (TPSA) is 58.6 Å². The minimum absolute atomic E-state index is 0.198. The van der Waals surface area contributed by atoms with E-state index in [2.05, 4.69) is 11.9 Å². The highest BCUT2D eigenvalue weighted by Gasteiger charge is 2.11. The van der Waals surface area contributed by atoms with Crippen LogP contribution in [0.15, 0.2) is 12.7 Å². The van der Waals surface area contributed by atoms with Crippen molar-refractivity contribution in [1.82, 2.24) is 5.32 Å². The van der Waals surface area contributed by atoms with Gasteiger partial charge in [-0.2, -0.15) is 0 Å². The van der Waals surface area contributed by atoms with Gasteiger partial charge < -0.3 is 15.2 Å². The van der Waals surface area contributed by atoms with Crippen molar-refractivity contribution in [1.29, 1.82) is 0 Å². The van der Waals surface area contributed by atoms with E-state index in [1.54, 1.807) is 13.8 Å². The molecule has 0 fully saturated rings. The molecule has 0 saturated carbocycles. The molecular weight excluding hydrogens is 182 g/mol. The molecule has 0 spiro atoms. The van der Waals surface area contributed by atoms with E-state index in [-0.39, 0.29) is 5.91 Å². The summed E-state index contributed by atoms with van der Waals surface area (Å²) in [7, 11) is 0. The van der Waals surface area contributed by atoms with Crippen LogP contribution in [-0.2, 0) is 9.53 Å². The van der Waals surface area contributed by atoms with E-state index in [1.807, 2.05) is 0 Å². The van der Waals surface area contributed by atoms with Gasteiger partial charge in [-0.3, -0.25) is 4.79 Å². The lowest BCUT2D eigenvalue weighted by atomic mass is 10.1. The number of aliphatic hydroxyl groups is 1. The third-order valence-corrected chi connectivity index (χ3v) is 1.59. The monoisotopic (exact) mass is 201 g/mol. The summed E-state index contributed by atoms with van der Waals surface area (Å²) in [6.07, 6.45) is 1.80. The van der Waals surface area contributed by atoms with Crippen molar-refractivity contribution in [2.24, 2.45) is 0 Å². The molecule has 0 aromatic rings. The molecule has 0 aromatic heterocycles. The zero-order chi connectivity index (χ0) is 11.0. The van der Waals surface area contributed by atoms with Crippen molar-refractivity contribution in [2.45, 2.75) is 25.9 Å². The van der Waals surface area contributed by atoms with Gasteiger partial charge in [-0.25, -0.2) is 0 Å². The van der Waals surface area contributed by atoms with Gasteiger partial charge >= 0.3 is 0 Å². The summed E-state index contributed by atoms with van der Waals surface area (Å²) in [4.78, 5) is 10.7. The molecule has 0 unspecified atom stereocenters. The predicted octanol–water partition coefficient (Wildman–Crippen LogP) is 0.466. The van der Waals surface area contributed by atoms with Crippen LogP contribution in [0.1, 0.15) is 20.3 Å². The molecule has 14 heavy (non-hydrogen) atoms. The number of hydrogen-bond acceptors (Lipinski definition) is 3. The second-order valence-corrected chi connectivity index (χ2v) is 3.67. The lowest BCUT2D eigenvalue weighted by Gasteiger charge is -2.16. The van der Waals surface area contributed by atoms with Gasteiger partial charge in [0.05, 0.1) is 12.2 Å². The first-order valence-corrected chi connectivity index (χ1v) is 4.66. The molecule has 4 heteroatoms. The number of nitrogens with one attached hydrogen (secondary N) is 1. The first-order chi connectivity index (χ1) is 6.45. The highest BCUT2D eigenvalue weighted by atomic mass is 16.5.